The molecule has 0 aliphatic heterocycles. The molecule has 0 aliphatic carbocycles. The molecule has 1 heterocycles. The topological polar surface area (TPSA) is 51.2 Å². The van der Waals surface area contributed by atoms with Crippen LogP contribution in [-0.4, -0.2) is 10.9 Å². The average Bonchev–Trinajstić information content (AvgIpc) is 2.67. The van der Waals surface area contributed by atoms with Gasteiger partial charge in [0, 0.05) is 18.5 Å². The third-order valence-electron chi connectivity index (χ3n) is 4.07. The van der Waals surface area contributed by atoms with Gasteiger partial charge in [-0.05, 0) is 55.3 Å². The monoisotopic (exact) mass is 358 g/mol. The first-order valence-electron chi connectivity index (χ1n) is 8.83. The van der Waals surface area contributed by atoms with Crippen molar-refractivity contribution in [2.75, 3.05) is 0 Å². The summed E-state index contributed by atoms with van der Waals surface area (Å²) in [4.78, 5) is 16.2. The van der Waals surface area contributed by atoms with Crippen LogP contribution in [0.1, 0.15) is 29.7 Å². The maximum Gasteiger partial charge on any atom is 0.244 e. The molecule has 3 aromatic rings. The normalized spacial score (nSPS) is 11.9. The second kappa shape index (κ2) is 8.81. The van der Waals surface area contributed by atoms with Crippen molar-refractivity contribution in [2.24, 2.45) is 0 Å². The van der Waals surface area contributed by atoms with Crippen LogP contribution in [0.2, 0.25) is 0 Å². The van der Waals surface area contributed by atoms with Crippen molar-refractivity contribution >= 4 is 12.0 Å². The number of hydrogen-bond acceptors (Lipinski definition) is 3. The minimum Gasteiger partial charge on any atom is -0.457 e. The Kier molecular flexibility index (Phi) is 6.00. The second-order valence-electron chi connectivity index (χ2n) is 6.34. The van der Waals surface area contributed by atoms with Crippen LogP contribution in [-0.2, 0) is 4.79 Å². The first-order chi connectivity index (χ1) is 13.1. The first kappa shape index (κ1) is 18.4. The number of nitrogens with one attached hydrogen (secondary N) is 1. The minimum absolute atomic E-state index is 0.135. The van der Waals surface area contributed by atoms with E-state index in [0.717, 1.165) is 28.2 Å². The summed E-state index contributed by atoms with van der Waals surface area (Å²) in [5.41, 5.74) is 3.14. The summed E-state index contributed by atoms with van der Waals surface area (Å²) in [6.45, 7) is 3.98. The second-order valence-corrected chi connectivity index (χ2v) is 6.34. The van der Waals surface area contributed by atoms with Crippen LogP contribution in [0.3, 0.4) is 0 Å². The number of benzene rings is 2. The van der Waals surface area contributed by atoms with Gasteiger partial charge >= 0.3 is 0 Å². The van der Waals surface area contributed by atoms with Crippen molar-refractivity contribution in [1.82, 2.24) is 10.3 Å². The third-order valence-corrected chi connectivity index (χ3v) is 4.07. The van der Waals surface area contributed by atoms with Crippen LogP contribution in [0.5, 0.6) is 11.5 Å². The molecule has 0 unspecified atom stereocenters. The molecule has 0 bridgehead atoms. The van der Waals surface area contributed by atoms with E-state index in [1.807, 2.05) is 68.5 Å². The maximum absolute atomic E-state index is 12.2. The molecule has 136 valence electrons. The number of ether oxygens (including phenoxy) is 1. The van der Waals surface area contributed by atoms with E-state index < -0.39 is 0 Å². The fraction of sp³-hybridized carbons (Fsp3) is 0.130. The van der Waals surface area contributed by atoms with Crippen LogP contribution >= 0.6 is 0 Å². The molecule has 1 amide bonds. The Morgan fingerprint density at radius 3 is 2.59 bits per heavy atom. The van der Waals surface area contributed by atoms with Crippen LogP contribution in [0.25, 0.3) is 6.08 Å². The largest absolute Gasteiger partial charge is 0.457 e. The van der Waals surface area contributed by atoms with Gasteiger partial charge in [-0.1, -0.05) is 42.0 Å². The van der Waals surface area contributed by atoms with Gasteiger partial charge in [-0.2, -0.15) is 0 Å². The van der Waals surface area contributed by atoms with Gasteiger partial charge in [-0.25, -0.2) is 0 Å². The Morgan fingerprint density at radius 2 is 1.81 bits per heavy atom. The molecular formula is C23H22N2O2. The molecule has 1 atom stereocenters. The quantitative estimate of drug-likeness (QED) is 0.626. The lowest BCUT2D eigenvalue weighted by Crippen LogP contribution is -2.24. The molecule has 1 N–H and O–H groups in total. The number of hydrogen-bond donors (Lipinski definition) is 1. The van der Waals surface area contributed by atoms with Gasteiger partial charge in [0.1, 0.15) is 11.5 Å². The standard InChI is InChI=1S/C23H22N2O2/c1-17-5-3-6-19(15-17)9-10-23(26)25-18(2)20-7-4-8-22(16-20)27-21-11-13-24-14-12-21/h3-16,18H,1-2H3,(H,25,26)/b10-9-/t18-/m0/s1. The number of carbonyl (C=O) groups excluding carboxylic acids is 1. The molecule has 0 radical (unpaired) electrons. The molecule has 4 heteroatoms. The Morgan fingerprint density at radius 1 is 1.04 bits per heavy atom. The molecule has 0 aliphatic rings. The molecule has 27 heavy (non-hydrogen) atoms. The van der Waals surface area contributed by atoms with Crippen LogP contribution in [0.15, 0.2) is 79.1 Å². The number of carbonyl (C=O) groups is 1. The highest BCUT2D eigenvalue weighted by molar-refractivity contribution is 5.92. The first-order valence-corrected chi connectivity index (χ1v) is 8.83. The summed E-state index contributed by atoms with van der Waals surface area (Å²) in [5.74, 6) is 1.31. The summed E-state index contributed by atoms with van der Waals surface area (Å²) in [7, 11) is 0. The average molecular weight is 358 g/mol. The van der Waals surface area contributed by atoms with Crippen molar-refractivity contribution in [3.05, 3.63) is 95.8 Å². The smallest absolute Gasteiger partial charge is 0.244 e. The summed E-state index contributed by atoms with van der Waals surface area (Å²) < 4.78 is 5.82. The zero-order valence-electron chi connectivity index (χ0n) is 15.4. The summed E-state index contributed by atoms with van der Waals surface area (Å²) in [6.07, 6.45) is 6.74. The maximum atomic E-state index is 12.2. The van der Waals surface area contributed by atoms with Crippen molar-refractivity contribution in [2.45, 2.75) is 19.9 Å². The molecule has 1 aromatic heterocycles. The Bertz CT molecular complexity index is 936. The molecule has 0 spiro atoms. The van der Waals surface area contributed by atoms with E-state index in [1.54, 1.807) is 30.6 Å². The highest BCUT2D eigenvalue weighted by atomic mass is 16.5. The van der Waals surface area contributed by atoms with Crippen molar-refractivity contribution in [3.63, 3.8) is 0 Å². The van der Waals surface area contributed by atoms with Gasteiger partial charge in [0.05, 0.1) is 6.04 Å². The molecule has 4 nitrogen and oxygen atoms in total. The predicted molar refractivity (Wildman–Crippen MR) is 108 cm³/mol. The van der Waals surface area contributed by atoms with E-state index in [9.17, 15) is 4.79 Å². The number of aryl methyl sites for hydroxylation is 1. The van der Waals surface area contributed by atoms with E-state index in [0.29, 0.717) is 0 Å². The van der Waals surface area contributed by atoms with Crippen LogP contribution < -0.4 is 10.1 Å². The number of amides is 1. The third kappa shape index (κ3) is 5.54. The lowest BCUT2D eigenvalue weighted by molar-refractivity contribution is -0.117. The van der Waals surface area contributed by atoms with Crippen molar-refractivity contribution < 1.29 is 9.53 Å². The van der Waals surface area contributed by atoms with Crippen molar-refractivity contribution in [3.8, 4) is 11.5 Å². The van der Waals surface area contributed by atoms with Gasteiger partial charge in [0.15, 0.2) is 0 Å². The summed E-state index contributed by atoms with van der Waals surface area (Å²) in [5, 5.41) is 2.98. The molecule has 0 saturated carbocycles. The number of aromatic nitrogens is 1. The molecule has 2 aromatic carbocycles. The van der Waals surface area contributed by atoms with Gasteiger partial charge < -0.3 is 10.1 Å². The zero-order valence-corrected chi connectivity index (χ0v) is 15.4. The van der Waals surface area contributed by atoms with Gasteiger partial charge in [-0.15, -0.1) is 0 Å². The Balaban J connectivity index is 1.62. The highest BCUT2D eigenvalue weighted by Gasteiger charge is 2.09. The molecule has 0 saturated heterocycles. The molecule has 3 rings (SSSR count). The predicted octanol–water partition coefficient (Wildman–Crippen LogP) is 5.07. The van der Waals surface area contributed by atoms with Gasteiger partial charge in [0.25, 0.3) is 0 Å². The highest BCUT2D eigenvalue weighted by Crippen LogP contribution is 2.24. The van der Waals surface area contributed by atoms with Crippen LogP contribution in [0.4, 0.5) is 0 Å². The van der Waals surface area contributed by atoms with E-state index in [1.165, 1.54) is 0 Å². The molecular weight excluding hydrogens is 336 g/mol. The number of nitrogens with zero attached hydrogens (tertiary/aromatic N) is 1. The minimum atomic E-state index is -0.138. The summed E-state index contributed by atoms with van der Waals surface area (Å²) in [6, 6.07) is 19.2. The van der Waals surface area contributed by atoms with E-state index in [-0.39, 0.29) is 11.9 Å². The Labute approximate surface area is 159 Å². The Hall–Kier alpha value is -3.40. The van der Waals surface area contributed by atoms with E-state index in [4.69, 9.17) is 4.74 Å². The fourth-order valence-electron chi connectivity index (χ4n) is 2.68. The van der Waals surface area contributed by atoms with E-state index in [2.05, 4.69) is 10.3 Å². The summed E-state index contributed by atoms with van der Waals surface area (Å²) >= 11 is 0. The fourth-order valence-corrected chi connectivity index (χ4v) is 2.68. The lowest BCUT2D eigenvalue weighted by atomic mass is 10.1. The zero-order chi connectivity index (χ0) is 19.1. The van der Waals surface area contributed by atoms with Crippen molar-refractivity contribution in [1.29, 1.82) is 0 Å². The number of pyridine rings is 1. The SMILES string of the molecule is Cc1cccc(/C=C\C(=O)N[C@@H](C)c2cccc(Oc3ccncc3)c2)c1. The van der Waals surface area contributed by atoms with Gasteiger partial charge in [0.2, 0.25) is 5.91 Å². The lowest BCUT2D eigenvalue weighted by Gasteiger charge is -2.14. The van der Waals surface area contributed by atoms with Crippen LogP contribution in [0, 0.1) is 6.92 Å². The van der Waals surface area contributed by atoms with Gasteiger partial charge in [-0.3, -0.25) is 9.78 Å². The number of rotatable bonds is 6. The van der Waals surface area contributed by atoms with E-state index >= 15 is 0 Å². The molecule has 0 fully saturated rings.